The van der Waals surface area contributed by atoms with E-state index in [4.69, 9.17) is 11.6 Å². The second-order valence-electron chi connectivity index (χ2n) is 6.22. The van der Waals surface area contributed by atoms with Crippen LogP contribution in [0.5, 0.6) is 0 Å². The van der Waals surface area contributed by atoms with Crippen molar-refractivity contribution in [1.29, 1.82) is 0 Å². The Morgan fingerprint density at radius 1 is 1.07 bits per heavy atom. The highest BCUT2D eigenvalue weighted by molar-refractivity contribution is 7.98. The van der Waals surface area contributed by atoms with Gasteiger partial charge < -0.3 is 0 Å². The van der Waals surface area contributed by atoms with Crippen LogP contribution in [0.15, 0.2) is 76.5 Å². The fourth-order valence-electron chi connectivity index (χ4n) is 2.61. The number of aryl methyl sites for hydroxylation is 1. The maximum atomic E-state index is 12.9. The molecular formula is C20H17ClN2O4S2. The van der Waals surface area contributed by atoms with Crippen molar-refractivity contribution in [3.05, 3.63) is 93.0 Å². The molecule has 0 saturated heterocycles. The van der Waals surface area contributed by atoms with Crippen molar-refractivity contribution in [2.24, 2.45) is 0 Å². The first-order chi connectivity index (χ1) is 13.8. The molecule has 0 aromatic heterocycles. The van der Waals surface area contributed by atoms with Crippen LogP contribution in [-0.4, -0.2) is 13.3 Å². The van der Waals surface area contributed by atoms with Crippen molar-refractivity contribution in [2.45, 2.75) is 22.5 Å². The molecule has 0 aliphatic heterocycles. The molecular weight excluding hydrogens is 432 g/mol. The summed E-state index contributed by atoms with van der Waals surface area (Å²) in [7, 11) is -4.00. The fraction of sp³-hybridized carbons (Fsp3) is 0.100. The van der Waals surface area contributed by atoms with Gasteiger partial charge in [-0.25, -0.2) is 8.42 Å². The van der Waals surface area contributed by atoms with Crippen molar-refractivity contribution < 1.29 is 13.3 Å². The third kappa shape index (κ3) is 5.29. The van der Waals surface area contributed by atoms with Crippen molar-refractivity contribution in [3.8, 4) is 0 Å². The van der Waals surface area contributed by atoms with Crippen LogP contribution in [-0.2, 0) is 15.8 Å². The lowest BCUT2D eigenvalue weighted by Crippen LogP contribution is -2.15. The molecule has 6 nitrogen and oxygen atoms in total. The molecule has 0 atom stereocenters. The summed E-state index contributed by atoms with van der Waals surface area (Å²) in [5, 5.41) is 11.7. The summed E-state index contributed by atoms with van der Waals surface area (Å²) in [6, 6.07) is 18.2. The maximum absolute atomic E-state index is 12.9. The van der Waals surface area contributed by atoms with Gasteiger partial charge in [0.05, 0.1) is 15.5 Å². The minimum Gasteiger partial charge on any atom is -0.278 e. The minimum absolute atomic E-state index is 0.121. The Kier molecular flexibility index (Phi) is 6.46. The quantitative estimate of drug-likeness (QED) is 0.286. The molecule has 29 heavy (non-hydrogen) atoms. The Morgan fingerprint density at radius 2 is 1.76 bits per heavy atom. The van der Waals surface area contributed by atoms with E-state index < -0.39 is 14.9 Å². The maximum Gasteiger partial charge on any atom is 0.270 e. The molecule has 0 aliphatic rings. The molecule has 0 saturated carbocycles. The predicted octanol–water partition coefficient (Wildman–Crippen LogP) is 5.65. The van der Waals surface area contributed by atoms with E-state index in [1.165, 1.54) is 23.9 Å². The lowest BCUT2D eigenvalue weighted by atomic mass is 10.2. The Bertz CT molecular complexity index is 1150. The van der Waals surface area contributed by atoms with Gasteiger partial charge in [0.1, 0.15) is 0 Å². The number of hydrogen-bond donors (Lipinski definition) is 1. The number of nitro groups is 1. The monoisotopic (exact) mass is 448 g/mol. The van der Waals surface area contributed by atoms with Crippen LogP contribution >= 0.6 is 23.4 Å². The first-order valence-corrected chi connectivity index (χ1v) is 11.3. The number of hydrogen-bond acceptors (Lipinski definition) is 5. The van der Waals surface area contributed by atoms with E-state index in [2.05, 4.69) is 4.72 Å². The number of halogens is 1. The predicted molar refractivity (Wildman–Crippen MR) is 116 cm³/mol. The summed E-state index contributed by atoms with van der Waals surface area (Å²) < 4.78 is 28.4. The zero-order valence-electron chi connectivity index (χ0n) is 15.3. The molecule has 0 aliphatic carbocycles. The number of rotatable bonds is 7. The van der Waals surface area contributed by atoms with Crippen LogP contribution in [0.1, 0.15) is 11.1 Å². The second-order valence-corrected chi connectivity index (χ2v) is 9.33. The van der Waals surface area contributed by atoms with E-state index >= 15 is 0 Å². The Hall–Kier alpha value is -2.55. The highest BCUT2D eigenvalue weighted by Gasteiger charge is 2.21. The molecule has 1 N–H and O–H groups in total. The topological polar surface area (TPSA) is 89.3 Å². The average Bonchev–Trinajstić information content (AvgIpc) is 2.68. The molecule has 0 unspecified atom stereocenters. The summed E-state index contributed by atoms with van der Waals surface area (Å²) in [6.45, 7) is 1.60. The van der Waals surface area contributed by atoms with E-state index in [0.29, 0.717) is 22.0 Å². The molecule has 0 fully saturated rings. The molecule has 0 heterocycles. The molecule has 0 amide bonds. The Morgan fingerprint density at radius 3 is 2.45 bits per heavy atom. The number of nitrogens with one attached hydrogen (secondary N) is 1. The standard InChI is InChI=1S/C20H17ClN2O4S2/c1-14-6-11-17(23(24)25)12-20(14)29(26,27)22-18-4-2-3-5-19(18)28-13-15-7-9-16(21)10-8-15/h2-12,22H,13H2,1H3. The zero-order valence-corrected chi connectivity index (χ0v) is 17.7. The van der Waals surface area contributed by atoms with Gasteiger partial charge in [-0.1, -0.05) is 41.9 Å². The highest BCUT2D eigenvalue weighted by Crippen LogP contribution is 2.32. The largest absolute Gasteiger partial charge is 0.278 e. The average molecular weight is 449 g/mol. The van der Waals surface area contributed by atoms with Crippen LogP contribution in [0.25, 0.3) is 0 Å². The number of para-hydroxylation sites is 1. The van der Waals surface area contributed by atoms with Gasteiger partial charge >= 0.3 is 0 Å². The van der Waals surface area contributed by atoms with E-state index in [1.807, 2.05) is 24.3 Å². The van der Waals surface area contributed by atoms with Crippen LogP contribution in [0.4, 0.5) is 11.4 Å². The zero-order chi connectivity index (χ0) is 21.0. The van der Waals surface area contributed by atoms with Crippen LogP contribution in [0.3, 0.4) is 0 Å². The molecule has 3 aromatic carbocycles. The van der Waals surface area contributed by atoms with Gasteiger partial charge in [0, 0.05) is 27.8 Å². The van der Waals surface area contributed by atoms with E-state index in [9.17, 15) is 18.5 Å². The lowest BCUT2D eigenvalue weighted by Gasteiger charge is -2.13. The van der Waals surface area contributed by atoms with Gasteiger partial charge in [-0.3, -0.25) is 14.8 Å². The van der Waals surface area contributed by atoms with Crippen molar-refractivity contribution in [1.82, 2.24) is 0 Å². The summed E-state index contributed by atoms with van der Waals surface area (Å²) in [4.78, 5) is 11.0. The highest BCUT2D eigenvalue weighted by atomic mass is 35.5. The van der Waals surface area contributed by atoms with E-state index in [0.717, 1.165) is 16.5 Å². The molecule has 0 radical (unpaired) electrons. The summed E-state index contributed by atoms with van der Waals surface area (Å²) in [5.74, 6) is 0.631. The van der Waals surface area contributed by atoms with Gasteiger partial charge in [-0.2, -0.15) is 0 Å². The molecule has 9 heteroatoms. The Balaban J connectivity index is 1.85. The van der Waals surface area contributed by atoms with Crippen LogP contribution in [0, 0.1) is 17.0 Å². The number of nitrogens with zero attached hydrogens (tertiary/aromatic N) is 1. The molecule has 0 spiro atoms. The number of nitro benzene ring substituents is 1. The second kappa shape index (κ2) is 8.86. The van der Waals surface area contributed by atoms with Crippen molar-refractivity contribution in [3.63, 3.8) is 0 Å². The third-order valence-electron chi connectivity index (χ3n) is 4.11. The van der Waals surface area contributed by atoms with Crippen LogP contribution < -0.4 is 4.72 Å². The van der Waals surface area contributed by atoms with Crippen LogP contribution in [0.2, 0.25) is 5.02 Å². The Labute approximate surface area is 178 Å². The van der Waals surface area contributed by atoms with Crippen molar-refractivity contribution in [2.75, 3.05) is 4.72 Å². The van der Waals surface area contributed by atoms with Gasteiger partial charge in [0.2, 0.25) is 0 Å². The summed E-state index contributed by atoms with van der Waals surface area (Å²) in [6.07, 6.45) is 0. The number of benzene rings is 3. The molecule has 3 rings (SSSR count). The number of anilines is 1. The normalized spacial score (nSPS) is 11.2. The first kappa shape index (κ1) is 21.2. The first-order valence-electron chi connectivity index (χ1n) is 8.50. The lowest BCUT2D eigenvalue weighted by molar-refractivity contribution is -0.385. The van der Waals surface area contributed by atoms with E-state index in [1.54, 1.807) is 31.2 Å². The smallest absolute Gasteiger partial charge is 0.270 e. The number of thioether (sulfide) groups is 1. The minimum atomic E-state index is -4.00. The number of sulfonamides is 1. The summed E-state index contributed by atoms with van der Waals surface area (Å²) >= 11 is 7.38. The SMILES string of the molecule is Cc1ccc([N+](=O)[O-])cc1S(=O)(=O)Nc1ccccc1SCc1ccc(Cl)cc1. The van der Waals surface area contributed by atoms with Gasteiger partial charge in [-0.15, -0.1) is 11.8 Å². The van der Waals surface area contributed by atoms with Gasteiger partial charge in [0.25, 0.3) is 15.7 Å². The number of non-ortho nitro benzene ring substituents is 1. The summed E-state index contributed by atoms with van der Waals surface area (Å²) in [5.41, 5.74) is 1.61. The fourth-order valence-corrected chi connectivity index (χ4v) is 5.11. The van der Waals surface area contributed by atoms with E-state index in [-0.39, 0.29) is 10.6 Å². The van der Waals surface area contributed by atoms with Crippen molar-refractivity contribution >= 4 is 44.8 Å². The molecule has 3 aromatic rings. The van der Waals surface area contributed by atoms with Gasteiger partial charge in [-0.05, 0) is 42.3 Å². The van der Waals surface area contributed by atoms with Gasteiger partial charge in [0.15, 0.2) is 0 Å². The molecule has 0 bridgehead atoms. The third-order valence-corrected chi connectivity index (χ3v) is 7.02. The molecule has 150 valence electrons.